The summed E-state index contributed by atoms with van der Waals surface area (Å²) in [4.78, 5) is 16.4. The molecule has 18 heavy (non-hydrogen) atoms. The molecule has 0 bridgehead atoms. The van der Waals surface area contributed by atoms with Crippen LogP contribution < -0.4 is 5.32 Å². The molecule has 0 aromatic carbocycles. The van der Waals surface area contributed by atoms with Gasteiger partial charge in [0, 0.05) is 46.3 Å². The number of nitrogens with one attached hydrogen (secondary N) is 1. The summed E-state index contributed by atoms with van der Waals surface area (Å²) in [6.45, 7) is 8.08. The Labute approximate surface area is 109 Å². The summed E-state index contributed by atoms with van der Waals surface area (Å²) in [5, 5.41) is 3.33. The van der Waals surface area contributed by atoms with Crippen molar-refractivity contribution in [2.75, 3.05) is 46.3 Å². The monoisotopic (exact) mass is 255 g/mol. The van der Waals surface area contributed by atoms with Gasteiger partial charge in [0.1, 0.15) is 6.10 Å². The molecule has 5 heteroatoms. The average molecular weight is 255 g/mol. The van der Waals surface area contributed by atoms with E-state index in [1.165, 1.54) is 0 Å². The molecule has 1 amide bonds. The van der Waals surface area contributed by atoms with E-state index in [0.29, 0.717) is 0 Å². The maximum atomic E-state index is 12.1. The van der Waals surface area contributed by atoms with Crippen molar-refractivity contribution in [2.24, 2.45) is 0 Å². The van der Waals surface area contributed by atoms with Crippen molar-refractivity contribution in [3.63, 3.8) is 0 Å². The molecule has 2 aliphatic heterocycles. The Hall–Kier alpha value is -0.650. The maximum Gasteiger partial charge on any atom is 0.251 e. The van der Waals surface area contributed by atoms with Crippen LogP contribution in [0.1, 0.15) is 19.8 Å². The number of ether oxygens (including phenoxy) is 1. The second-order valence-electron chi connectivity index (χ2n) is 5.36. The normalized spacial score (nSPS) is 29.4. The number of carbonyl (C=O) groups is 1. The zero-order chi connectivity index (χ0) is 13.0. The van der Waals surface area contributed by atoms with Crippen LogP contribution in [-0.2, 0) is 9.53 Å². The van der Waals surface area contributed by atoms with E-state index in [0.717, 1.165) is 52.1 Å². The largest absolute Gasteiger partial charge is 0.365 e. The van der Waals surface area contributed by atoms with Crippen LogP contribution in [0.4, 0.5) is 0 Å². The van der Waals surface area contributed by atoms with Crippen LogP contribution in [0.5, 0.6) is 0 Å². The molecular weight excluding hydrogens is 230 g/mol. The van der Waals surface area contributed by atoms with Crippen molar-refractivity contribution in [2.45, 2.75) is 32.0 Å². The summed E-state index contributed by atoms with van der Waals surface area (Å²) < 4.78 is 5.62. The van der Waals surface area contributed by atoms with E-state index in [2.05, 4.69) is 10.2 Å². The standard InChI is InChI=1S/C13H25N3O2/c1-11-3-4-12(18-11)13(17)15(2)9-10-16-7-5-14-6-8-16/h11-12,14H,3-10H2,1-2H3. The molecule has 0 aromatic rings. The zero-order valence-corrected chi connectivity index (χ0v) is 11.5. The number of amides is 1. The fourth-order valence-electron chi connectivity index (χ4n) is 2.57. The molecule has 2 unspecified atom stereocenters. The highest BCUT2D eigenvalue weighted by Gasteiger charge is 2.30. The lowest BCUT2D eigenvalue weighted by molar-refractivity contribution is -0.141. The molecule has 1 N–H and O–H groups in total. The maximum absolute atomic E-state index is 12.1. The lowest BCUT2D eigenvalue weighted by atomic mass is 10.2. The number of likely N-dealkylation sites (N-methyl/N-ethyl adjacent to an activating group) is 1. The van der Waals surface area contributed by atoms with Gasteiger partial charge in [-0.05, 0) is 19.8 Å². The van der Waals surface area contributed by atoms with E-state index in [1.54, 1.807) is 0 Å². The summed E-state index contributed by atoms with van der Waals surface area (Å²) >= 11 is 0. The molecule has 0 spiro atoms. The van der Waals surface area contributed by atoms with Gasteiger partial charge in [0.05, 0.1) is 6.10 Å². The molecule has 2 aliphatic rings. The Bertz CT molecular complexity index is 279. The molecule has 0 aromatic heterocycles. The topological polar surface area (TPSA) is 44.8 Å². The van der Waals surface area contributed by atoms with Crippen molar-refractivity contribution >= 4 is 5.91 Å². The van der Waals surface area contributed by atoms with Gasteiger partial charge in [-0.25, -0.2) is 0 Å². The molecule has 0 radical (unpaired) electrons. The van der Waals surface area contributed by atoms with Crippen molar-refractivity contribution in [3.8, 4) is 0 Å². The smallest absolute Gasteiger partial charge is 0.251 e. The fourth-order valence-corrected chi connectivity index (χ4v) is 2.57. The van der Waals surface area contributed by atoms with Gasteiger partial charge < -0.3 is 15.0 Å². The highest BCUT2D eigenvalue weighted by Crippen LogP contribution is 2.20. The highest BCUT2D eigenvalue weighted by molar-refractivity contribution is 5.80. The van der Waals surface area contributed by atoms with Crippen molar-refractivity contribution in [1.29, 1.82) is 0 Å². The van der Waals surface area contributed by atoms with Crippen LogP contribution in [0.2, 0.25) is 0 Å². The molecule has 2 heterocycles. The third-order valence-electron chi connectivity index (χ3n) is 3.84. The number of hydrogen-bond acceptors (Lipinski definition) is 4. The summed E-state index contributed by atoms with van der Waals surface area (Å²) in [7, 11) is 1.89. The minimum atomic E-state index is -0.201. The van der Waals surface area contributed by atoms with E-state index >= 15 is 0 Å². The lowest BCUT2D eigenvalue weighted by Crippen LogP contribution is -2.47. The van der Waals surface area contributed by atoms with Crippen LogP contribution in [-0.4, -0.2) is 74.2 Å². The van der Waals surface area contributed by atoms with E-state index < -0.39 is 0 Å². The minimum absolute atomic E-state index is 0.148. The van der Waals surface area contributed by atoms with Gasteiger partial charge in [-0.3, -0.25) is 9.69 Å². The molecule has 2 fully saturated rings. The summed E-state index contributed by atoms with van der Waals surface area (Å²) in [5.74, 6) is 0.148. The van der Waals surface area contributed by atoms with E-state index in [-0.39, 0.29) is 18.1 Å². The SMILES string of the molecule is CC1CCC(C(=O)N(C)CCN2CCNCC2)O1. The predicted octanol–water partition coefficient (Wildman–Crippen LogP) is -0.0825. The van der Waals surface area contributed by atoms with Gasteiger partial charge in [-0.15, -0.1) is 0 Å². The molecular formula is C13H25N3O2. The van der Waals surface area contributed by atoms with Crippen LogP contribution in [0.25, 0.3) is 0 Å². The zero-order valence-electron chi connectivity index (χ0n) is 11.5. The molecule has 0 saturated carbocycles. The summed E-state index contributed by atoms with van der Waals surface area (Å²) in [6.07, 6.45) is 1.91. The quantitative estimate of drug-likeness (QED) is 0.763. The van der Waals surface area contributed by atoms with E-state index in [9.17, 15) is 4.79 Å². The van der Waals surface area contributed by atoms with Crippen LogP contribution in [0.15, 0.2) is 0 Å². The highest BCUT2D eigenvalue weighted by atomic mass is 16.5. The number of nitrogens with zero attached hydrogens (tertiary/aromatic N) is 2. The Morgan fingerprint density at radius 1 is 1.39 bits per heavy atom. The Balaban J connectivity index is 1.70. The number of carbonyl (C=O) groups excluding carboxylic acids is 1. The molecule has 2 saturated heterocycles. The van der Waals surface area contributed by atoms with Crippen molar-refractivity contribution in [3.05, 3.63) is 0 Å². The predicted molar refractivity (Wildman–Crippen MR) is 70.5 cm³/mol. The first kappa shape index (κ1) is 13.8. The second-order valence-corrected chi connectivity index (χ2v) is 5.36. The van der Waals surface area contributed by atoms with Gasteiger partial charge in [0.25, 0.3) is 5.91 Å². The third-order valence-corrected chi connectivity index (χ3v) is 3.84. The summed E-state index contributed by atoms with van der Waals surface area (Å²) in [5.41, 5.74) is 0. The van der Waals surface area contributed by atoms with E-state index in [1.807, 2.05) is 18.9 Å². The average Bonchev–Trinajstić information content (AvgIpc) is 2.83. The lowest BCUT2D eigenvalue weighted by Gasteiger charge is -2.29. The van der Waals surface area contributed by atoms with Gasteiger partial charge in [-0.1, -0.05) is 0 Å². The first-order valence-electron chi connectivity index (χ1n) is 7.00. The van der Waals surface area contributed by atoms with Gasteiger partial charge in [-0.2, -0.15) is 0 Å². The number of hydrogen-bond donors (Lipinski definition) is 1. The number of piperazine rings is 1. The van der Waals surface area contributed by atoms with Crippen molar-refractivity contribution in [1.82, 2.24) is 15.1 Å². The number of rotatable bonds is 4. The first-order chi connectivity index (χ1) is 8.66. The Kier molecular flexibility index (Phi) is 4.97. The first-order valence-corrected chi connectivity index (χ1v) is 7.00. The van der Waals surface area contributed by atoms with Gasteiger partial charge in [0.2, 0.25) is 0 Å². The Morgan fingerprint density at radius 3 is 2.72 bits per heavy atom. The third kappa shape index (κ3) is 3.67. The van der Waals surface area contributed by atoms with E-state index in [4.69, 9.17) is 4.74 Å². The molecule has 2 atom stereocenters. The van der Waals surface area contributed by atoms with Crippen molar-refractivity contribution < 1.29 is 9.53 Å². The molecule has 104 valence electrons. The molecule has 5 nitrogen and oxygen atoms in total. The minimum Gasteiger partial charge on any atom is -0.365 e. The van der Waals surface area contributed by atoms with Gasteiger partial charge in [0.15, 0.2) is 0 Å². The second kappa shape index (κ2) is 6.50. The summed E-state index contributed by atoms with van der Waals surface area (Å²) in [6, 6.07) is 0. The molecule has 2 rings (SSSR count). The molecule has 0 aliphatic carbocycles. The van der Waals surface area contributed by atoms with Crippen LogP contribution in [0, 0.1) is 0 Å². The van der Waals surface area contributed by atoms with Gasteiger partial charge >= 0.3 is 0 Å². The van der Waals surface area contributed by atoms with Crippen LogP contribution in [0.3, 0.4) is 0 Å². The fraction of sp³-hybridized carbons (Fsp3) is 0.923. The Morgan fingerprint density at radius 2 is 2.11 bits per heavy atom. The van der Waals surface area contributed by atoms with Crippen LogP contribution >= 0.6 is 0 Å².